The van der Waals surface area contributed by atoms with Crippen molar-refractivity contribution in [1.29, 1.82) is 0 Å². The summed E-state index contributed by atoms with van der Waals surface area (Å²) in [5.74, 6) is 3.79. The first kappa shape index (κ1) is 24.4. The molecule has 8 rings (SSSR count). The lowest BCUT2D eigenvalue weighted by Crippen LogP contribution is -2.41. The van der Waals surface area contributed by atoms with Gasteiger partial charge in [-0.25, -0.2) is 0 Å². The van der Waals surface area contributed by atoms with Crippen molar-refractivity contribution >= 4 is 12.2 Å². The van der Waals surface area contributed by atoms with E-state index in [1.54, 1.807) is 33.4 Å². The van der Waals surface area contributed by atoms with E-state index in [4.69, 9.17) is 0 Å². The van der Waals surface area contributed by atoms with E-state index in [0.717, 1.165) is 6.42 Å². The summed E-state index contributed by atoms with van der Waals surface area (Å²) in [6.45, 7) is 0. The molecule has 0 aliphatic heterocycles. The third-order valence-electron chi connectivity index (χ3n) is 10.9. The molecule has 6 unspecified atom stereocenters. The van der Waals surface area contributed by atoms with Gasteiger partial charge in [-0.05, 0) is 125 Å². The summed E-state index contributed by atoms with van der Waals surface area (Å²) >= 11 is 0. The van der Waals surface area contributed by atoms with E-state index in [0.29, 0.717) is 35.5 Å². The second-order valence-corrected chi connectivity index (χ2v) is 12.9. The van der Waals surface area contributed by atoms with Gasteiger partial charge in [-0.2, -0.15) is 0 Å². The fourth-order valence-electron chi connectivity index (χ4n) is 9.04. The van der Waals surface area contributed by atoms with Crippen molar-refractivity contribution < 1.29 is 0 Å². The number of hydrogen-bond donors (Lipinski definition) is 0. The summed E-state index contributed by atoms with van der Waals surface area (Å²) in [7, 11) is 0. The lowest BCUT2D eigenvalue weighted by molar-refractivity contribution is 0.173. The van der Waals surface area contributed by atoms with Crippen molar-refractivity contribution in [2.75, 3.05) is 0 Å². The Hall–Kier alpha value is -3.38. The normalized spacial score (nSPS) is 33.7. The van der Waals surface area contributed by atoms with Crippen molar-refractivity contribution in [1.82, 2.24) is 0 Å². The van der Waals surface area contributed by atoms with Crippen LogP contribution in [0, 0.1) is 35.5 Å². The van der Waals surface area contributed by atoms with Crippen LogP contribution in [0.2, 0.25) is 0 Å². The Morgan fingerprint density at radius 2 is 1.62 bits per heavy atom. The summed E-state index contributed by atoms with van der Waals surface area (Å²) < 4.78 is 0. The SMILES string of the molecule is C1=CCCC(C2=CC3=C(C4C=c5ccccc5=CC4)C4=CC=CCC4C(C4C=CC5=CC=CCC5C4)C3CC2)=C1. The summed E-state index contributed by atoms with van der Waals surface area (Å²) in [6, 6.07) is 8.98. The van der Waals surface area contributed by atoms with Crippen LogP contribution in [-0.4, -0.2) is 0 Å². The number of fused-ring (bicyclic) bond motifs is 4. The summed E-state index contributed by atoms with van der Waals surface area (Å²) in [4.78, 5) is 0. The molecule has 0 spiro atoms. The molecule has 0 aromatic heterocycles. The van der Waals surface area contributed by atoms with E-state index in [1.165, 1.54) is 55.4 Å². The molecule has 200 valence electrons. The largest absolute Gasteiger partial charge is 0.0842 e. The predicted octanol–water partition coefficient (Wildman–Crippen LogP) is 8.39. The van der Waals surface area contributed by atoms with Gasteiger partial charge in [-0.15, -0.1) is 0 Å². The van der Waals surface area contributed by atoms with Gasteiger partial charge < -0.3 is 0 Å². The first-order valence-electron chi connectivity index (χ1n) is 15.8. The predicted molar refractivity (Wildman–Crippen MR) is 168 cm³/mol. The van der Waals surface area contributed by atoms with Gasteiger partial charge in [0, 0.05) is 5.92 Å². The maximum absolute atomic E-state index is 2.70. The lowest BCUT2D eigenvalue weighted by atomic mass is 9.54. The van der Waals surface area contributed by atoms with E-state index < -0.39 is 0 Å². The number of allylic oxidation sites excluding steroid dienone is 18. The number of hydrogen-bond acceptors (Lipinski definition) is 0. The Kier molecular flexibility index (Phi) is 6.24. The molecule has 0 heteroatoms. The molecule has 0 saturated carbocycles. The molecular formula is C40H40. The van der Waals surface area contributed by atoms with Crippen LogP contribution >= 0.6 is 0 Å². The van der Waals surface area contributed by atoms with Crippen molar-refractivity contribution in [2.24, 2.45) is 35.5 Å². The van der Waals surface area contributed by atoms with Gasteiger partial charge in [0.15, 0.2) is 0 Å². The number of rotatable bonds is 3. The Labute approximate surface area is 239 Å². The summed E-state index contributed by atoms with van der Waals surface area (Å²) in [6.07, 6.45) is 44.0. The zero-order chi connectivity index (χ0) is 26.5. The second kappa shape index (κ2) is 10.2. The van der Waals surface area contributed by atoms with Crippen molar-refractivity contribution in [2.45, 2.75) is 51.4 Å². The van der Waals surface area contributed by atoms with Gasteiger partial charge >= 0.3 is 0 Å². The molecule has 0 saturated heterocycles. The van der Waals surface area contributed by atoms with E-state index in [2.05, 4.69) is 109 Å². The van der Waals surface area contributed by atoms with Gasteiger partial charge in [0.05, 0.1) is 0 Å². The van der Waals surface area contributed by atoms with E-state index in [-0.39, 0.29) is 0 Å². The molecule has 0 nitrogen and oxygen atoms in total. The van der Waals surface area contributed by atoms with Gasteiger partial charge in [0.25, 0.3) is 0 Å². The van der Waals surface area contributed by atoms with Crippen LogP contribution in [0.1, 0.15) is 51.4 Å². The minimum absolute atomic E-state index is 0.462. The molecule has 6 atom stereocenters. The molecule has 0 N–H and O–H groups in total. The van der Waals surface area contributed by atoms with Crippen LogP contribution in [0.5, 0.6) is 0 Å². The van der Waals surface area contributed by atoms with E-state index in [9.17, 15) is 0 Å². The van der Waals surface area contributed by atoms with Crippen molar-refractivity contribution in [3.8, 4) is 0 Å². The van der Waals surface area contributed by atoms with Crippen LogP contribution in [0.25, 0.3) is 12.2 Å². The quantitative estimate of drug-likeness (QED) is 0.375. The maximum Gasteiger partial charge on any atom is 0.00676 e. The summed E-state index contributed by atoms with van der Waals surface area (Å²) in [5, 5.41) is 2.81. The zero-order valence-corrected chi connectivity index (χ0v) is 23.5. The first-order chi connectivity index (χ1) is 19.8. The Bertz CT molecular complexity index is 1620. The van der Waals surface area contributed by atoms with E-state index in [1.807, 2.05) is 0 Å². The van der Waals surface area contributed by atoms with Crippen LogP contribution in [0.3, 0.4) is 0 Å². The van der Waals surface area contributed by atoms with Gasteiger partial charge in [0.2, 0.25) is 0 Å². The average molecular weight is 521 g/mol. The molecule has 0 radical (unpaired) electrons. The standard InChI is InChI=1S/C40H40/c1-2-10-27(11-3-1)32-22-23-37-38(26-32)40(34-21-19-29-13-5-7-15-31(29)25-34)36-17-9-8-16-35(36)39(37)33-20-18-28-12-4-6-14-30(28)24-33/h1-2,4-10,12-13,15,17-20,25-26,30,33-35,37,39H,3,11,14,16,21-24H2. The molecule has 0 fully saturated rings. The zero-order valence-electron chi connectivity index (χ0n) is 23.5. The summed E-state index contributed by atoms with van der Waals surface area (Å²) in [5.41, 5.74) is 9.76. The molecule has 7 aliphatic carbocycles. The van der Waals surface area contributed by atoms with Crippen LogP contribution < -0.4 is 10.4 Å². The topological polar surface area (TPSA) is 0 Å². The Morgan fingerprint density at radius 1 is 0.750 bits per heavy atom. The molecule has 7 aliphatic rings. The van der Waals surface area contributed by atoms with Gasteiger partial charge in [0.1, 0.15) is 0 Å². The smallest absolute Gasteiger partial charge is 0.00676 e. The van der Waals surface area contributed by atoms with Crippen LogP contribution in [0.15, 0.2) is 131 Å². The van der Waals surface area contributed by atoms with Crippen LogP contribution in [0.4, 0.5) is 0 Å². The molecule has 0 amide bonds. The molecule has 0 heterocycles. The average Bonchev–Trinajstić information content (AvgIpc) is 3.03. The number of benzene rings is 1. The third kappa shape index (κ3) is 4.19. The van der Waals surface area contributed by atoms with Crippen LogP contribution in [-0.2, 0) is 0 Å². The highest BCUT2D eigenvalue weighted by Gasteiger charge is 2.46. The highest BCUT2D eigenvalue weighted by atomic mass is 14.5. The molecular weight excluding hydrogens is 480 g/mol. The maximum atomic E-state index is 2.70. The van der Waals surface area contributed by atoms with Gasteiger partial charge in [-0.1, -0.05) is 109 Å². The highest BCUT2D eigenvalue weighted by molar-refractivity contribution is 5.60. The minimum atomic E-state index is 0.462. The van der Waals surface area contributed by atoms with E-state index >= 15 is 0 Å². The van der Waals surface area contributed by atoms with Gasteiger partial charge in [-0.3, -0.25) is 0 Å². The first-order valence-corrected chi connectivity index (χ1v) is 15.8. The second-order valence-electron chi connectivity index (χ2n) is 12.9. The highest BCUT2D eigenvalue weighted by Crippen LogP contribution is 2.57. The molecule has 40 heavy (non-hydrogen) atoms. The molecule has 1 aromatic rings. The minimum Gasteiger partial charge on any atom is -0.0842 e. The van der Waals surface area contributed by atoms with Crippen molar-refractivity contribution in [3.63, 3.8) is 0 Å². The Morgan fingerprint density at radius 3 is 2.55 bits per heavy atom. The Balaban J connectivity index is 1.28. The monoisotopic (exact) mass is 520 g/mol. The molecule has 1 aromatic carbocycles. The van der Waals surface area contributed by atoms with Crippen molar-refractivity contribution in [3.05, 3.63) is 141 Å². The third-order valence-corrected chi connectivity index (χ3v) is 10.9. The fourth-order valence-corrected chi connectivity index (χ4v) is 9.04. The molecule has 0 bridgehead atoms. The lowest BCUT2D eigenvalue weighted by Gasteiger charge is -2.50. The fraction of sp³-hybridized carbons (Fsp3) is 0.350.